The minimum Gasteiger partial charge on any atom is -0.455 e. The summed E-state index contributed by atoms with van der Waals surface area (Å²) < 4.78 is 49.1. The Labute approximate surface area is 245 Å². The minimum absolute atomic E-state index is 0.0752. The largest absolute Gasteiger partial charge is 0.455 e. The summed E-state index contributed by atoms with van der Waals surface area (Å²) in [6, 6.07) is 40.7. The number of halogens is 3. The number of fused-ring (bicyclic) bond motifs is 10. The summed E-state index contributed by atoms with van der Waals surface area (Å²) >= 11 is 0. The second-order valence-corrected chi connectivity index (χ2v) is 10.6. The monoisotopic (exact) mass is 565 g/mol. The van der Waals surface area contributed by atoms with Crippen molar-refractivity contribution in [3.05, 3.63) is 139 Å². The summed E-state index contributed by atoms with van der Waals surface area (Å²) in [5.41, 5.74) is 8.67. The van der Waals surface area contributed by atoms with Gasteiger partial charge in [0.1, 0.15) is 11.3 Å². The molecule has 1 aliphatic carbocycles. The quantitative estimate of drug-likeness (QED) is 0.208. The van der Waals surface area contributed by atoms with Crippen molar-refractivity contribution in [2.24, 2.45) is 0 Å². The van der Waals surface area contributed by atoms with E-state index < -0.39 is 11.7 Å². The molecular formula is C38H22F3NO. The third kappa shape index (κ3) is 4.00. The number of hydrogen-bond donors (Lipinski definition) is 0. The molecule has 2 heterocycles. The first-order chi connectivity index (χ1) is 21.0. The maximum atomic E-state index is 14.1. The van der Waals surface area contributed by atoms with E-state index in [1.807, 2.05) is 54.6 Å². The molecule has 2 aromatic heterocycles. The number of aromatic nitrogens is 1. The number of benzene rings is 5. The molecule has 7 aromatic rings. The van der Waals surface area contributed by atoms with Gasteiger partial charge in [0.15, 0.2) is 0 Å². The van der Waals surface area contributed by atoms with Crippen LogP contribution in [0.5, 0.6) is 0 Å². The van der Waals surface area contributed by atoms with E-state index in [9.17, 15) is 13.2 Å². The normalized spacial score (nSPS) is 12.1. The molecule has 0 N–H and O–H groups in total. The van der Waals surface area contributed by atoms with Crippen LogP contribution < -0.4 is 0 Å². The van der Waals surface area contributed by atoms with Gasteiger partial charge in [0.25, 0.3) is 0 Å². The zero-order chi connectivity index (χ0) is 29.1. The van der Waals surface area contributed by atoms with E-state index in [1.165, 1.54) is 6.07 Å². The number of rotatable bonds is 2. The molecule has 0 atom stereocenters. The number of alkyl halides is 3. The molecule has 0 spiro atoms. The van der Waals surface area contributed by atoms with Crippen LogP contribution in [0.25, 0.3) is 78.1 Å². The van der Waals surface area contributed by atoms with Crippen LogP contribution in [-0.2, 0) is 6.18 Å². The van der Waals surface area contributed by atoms with Gasteiger partial charge in [0.05, 0.1) is 11.3 Å². The summed E-state index contributed by atoms with van der Waals surface area (Å²) in [4.78, 5) is 4.34. The Morgan fingerprint density at radius 3 is 1.70 bits per heavy atom. The van der Waals surface area contributed by atoms with Gasteiger partial charge in [-0.25, -0.2) is 0 Å². The molecular weight excluding hydrogens is 543 g/mol. The van der Waals surface area contributed by atoms with Crippen molar-refractivity contribution in [2.75, 3.05) is 0 Å². The second kappa shape index (κ2) is 9.57. The highest BCUT2D eigenvalue weighted by atomic mass is 19.4. The number of nitrogens with zero attached hydrogens (tertiary/aromatic N) is 1. The maximum absolute atomic E-state index is 14.1. The molecule has 8 rings (SSSR count). The summed E-state index contributed by atoms with van der Waals surface area (Å²) in [6.07, 6.45) is -3.62. The van der Waals surface area contributed by atoms with Gasteiger partial charge in [0.2, 0.25) is 0 Å². The topological polar surface area (TPSA) is 26.0 Å². The zero-order valence-electron chi connectivity index (χ0n) is 22.7. The van der Waals surface area contributed by atoms with Gasteiger partial charge in [-0.15, -0.1) is 0 Å². The average Bonchev–Trinajstić information content (AvgIpc) is 3.43. The van der Waals surface area contributed by atoms with E-state index in [4.69, 9.17) is 4.42 Å². The lowest BCUT2D eigenvalue weighted by Crippen LogP contribution is -2.08. The molecule has 0 fully saturated rings. The third-order valence-corrected chi connectivity index (χ3v) is 8.16. The Hall–Kier alpha value is -5.42. The summed E-state index contributed by atoms with van der Waals surface area (Å²) in [5, 5.41) is 0.872. The van der Waals surface area contributed by atoms with Gasteiger partial charge < -0.3 is 4.42 Å². The van der Waals surface area contributed by atoms with E-state index in [-0.39, 0.29) is 5.56 Å². The van der Waals surface area contributed by atoms with Crippen molar-refractivity contribution in [1.82, 2.24) is 4.98 Å². The van der Waals surface area contributed by atoms with Gasteiger partial charge >= 0.3 is 6.18 Å². The van der Waals surface area contributed by atoms with Crippen LogP contribution in [0.1, 0.15) is 5.56 Å². The molecule has 0 saturated carbocycles. The van der Waals surface area contributed by atoms with Crippen LogP contribution in [-0.4, -0.2) is 4.98 Å². The van der Waals surface area contributed by atoms with Gasteiger partial charge in [0, 0.05) is 28.3 Å². The van der Waals surface area contributed by atoms with Crippen LogP contribution in [0.2, 0.25) is 0 Å². The van der Waals surface area contributed by atoms with Crippen molar-refractivity contribution < 1.29 is 17.6 Å². The van der Waals surface area contributed by atoms with E-state index in [0.717, 1.165) is 56.3 Å². The molecule has 0 saturated heterocycles. The highest BCUT2D eigenvalue weighted by Crippen LogP contribution is 2.52. The Morgan fingerprint density at radius 2 is 1.05 bits per heavy atom. The molecule has 1 aliphatic rings. The van der Waals surface area contributed by atoms with Crippen LogP contribution in [0.15, 0.2) is 138 Å². The van der Waals surface area contributed by atoms with Crippen LogP contribution >= 0.6 is 0 Å². The minimum atomic E-state index is -4.55. The number of pyridine rings is 1. The fourth-order valence-electron chi connectivity index (χ4n) is 6.27. The van der Waals surface area contributed by atoms with Gasteiger partial charge in [-0.1, -0.05) is 115 Å². The smallest absolute Gasteiger partial charge is 0.418 e. The zero-order valence-corrected chi connectivity index (χ0v) is 22.7. The lowest BCUT2D eigenvalue weighted by atomic mass is 9.83. The van der Waals surface area contributed by atoms with Crippen molar-refractivity contribution in [1.29, 1.82) is 0 Å². The molecule has 0 unspecified atom stereocenters. The summed E-state index contributed by atoms with van der Waals surface area (Å²) in [6.45, 7) is 0. The lowest BCUT2D eigenvalue weighted by Gasteiger charge is -2.20. The van der Waals surface area contributed by atoms with Crippen LogP contribution in [0.3, 0.4) is 0 Å². The number of hydrogen-bond acceptors (Lipinski definition) is 2. The number of para-hydroxylation sites is 1. The standard InChI is InChI=1S/C38H22F3NO/c39-38(40,41)33-22-42-34(21-32(33)23-11-2-1-3-12-23)30-19-10-20-31-35-28-17-8-6-15-26(28)24-13-4-5-14-25(24)27-16-7-9-18-29(27)37(35)43-36(30)31/h1-22H. The van der Waals surface area contributed by atoms with E-state index in [2.05, 4.69) is 41.4 Å². The maximum Gasteiger partial charge on any atom is 0.418 e. The molecule has 0 amide bonds. The van der Waals surface area contributed by atoms with E-state index >= 15 is 0 Å². The molecule has 0 aliphatic heterocycles. The molecule has 206 valence electrons. The first-order valence-corrected chi connectivity index (χ1v) is 14.0. The average molecular weight is 566 g/mol. The lowest BCUT2D eigenvalue weighted by molar-refractivity contribution is -0.137. The van der Waals surface area contributed by atoms with Crippen molar-refractivity contribution in [2.45, 2.75) is 6.18 Å². The predicted octanol–water partition coefficient (Wildman–Crippen LogP) is 11.2. The van der Waals surface area contributed by atoms with Gasteiger partial charge in [-0.3, -0.25) is 4.98 Å². The number of furan rings is 1. The van der Waals surface area contributed by atoms with Crippen molar-refractivity contribution in [3.8, 4) is 67.1 Å². The highest BCUT2D eigenvalue weighted by Gasteiger charge is 2.35. The van der Waals surface area contributed by atoms with Crippen LogP contribution in [0, 0.1) is 0 Å². The SMILES string of the molecule is FC(F)(F)c1cnc(-c2cccc3c4c(oc23)-c2ccccc2-c2ccccc2-c2ccccc2-4)cc1-c1ccccc1. The fourth-order valence-corrected chi connectivity index (χ4v) is 6.27. The predicted molar refractivity (Wildman–Crippen MR) is 165 cm³/mol. The molecule has 0 radical (unpaired) electrons. The fraction of sp³-hybridized carbons (Fsp3) is 0.0263. The Morgan fingerprint density at radius 1 is 0.512 bits per heavy atom. The summed E-state index contributed by atoms with van der Waals surface area (Å²) in [7, 11) is 0. The van der Waals surface area contributed by atoms with E-state index in [0.29, 0.717) is 22.4 Å². The summed E-state index contributed by atoms with van der Waals surface area (Å²) in [5.74, 6) is 0.718. The first-order valence-electron chi connectivity index (χ1n) is 14.0. The molecule has 0 bridgehead atoms. The Bertz CT molecular complexity index is 2180. The van der Waals surface area contributed by atoms with Crippen molar-refractivity contribution in [3.63, 3.8) is 0 Å². The van der Waals surface area contributed by atoms with Crippen molar-refractivity contribution >= 4 is 11.0 Å². The molecule has 2 nitrogen and oxygen atoms in total. The third-order valence-electron chi connectivity index (χ3n) is 8.16. The molecule has 43 heavy (non-hydrogen) atoms. The van der Waals surface area contributed by atoms with E-state index in [1.54, 1.807) is 30.3 Å². The highest BCUT2D eigenvalue weighted by molar-refractivity contribution is 6.12. The Kier molecular flexibility index (Phi) is 5.63. The first kappa shape index (κ1) is 25.3. The second-order valence-electron chi connectivity index (χ2n) is 10.6. The van der Waals surface area contributed by atoms with Gasteiger partial charge in [-0.05, 0) is 51.1 Å². The molecule has 5 aromatic carbocycles. The molecule has 5 heteroatoms. The van der Waals surface area contributed by atoms with Gasteiger partial charge in [-0.2, -0.15) is 13.2 Å². The Balaban J connectivity index is 1.44. The van der Waals surface area contributed by atoms with Crippen LogP contribution in [0.4, 0.5) is 13.2 Å².